The molecule has 17 heavy (non-hydrogen) atoms. The van der Waals surface area contributed by atoms with Crippen molar-refractivity contribution < 1.29 is 14.3 Å². The van der Waals surface area contributed by atoms with E-state index in [1.165, 1.54) is 7.11 Å². The molecule has 2 atom stereocenters. The first-order valence-electron chi connectivity index (χ1n) is 6.59. The maximum atomic E-state index is 11.5. The Morgan fingerprint density at radius 1 is 1.53 bits per heavy atom. The fourth-order valence-electron chi connectivity index (χ4n) is 2.40. The normalized spacial score (nSPS) is 29.0. The second kappa shape index (κ2) is 6.97. The van der Waals surface area contributed by atoms with Crippen LogP contribution >= 0.6 is 0 Å². The fraction of sp³-hybridized carbons (Fsp3) is 0.923. The monoisotopic (exact) mass is 243 g/mol. The highest BCUT2D eigenvalue weighted by molar-refractivity contribution is 5.70. The first kappa shape index (κ1) is 14.5. The van der Waals surface area contributed by atoms with Crippen molar-refractivity contribution >= 4 is 5.97 Å². The van der Waals surface area contributed by atoms with Crippen LogP contribution in [0, 0.1) is 0 Å². The highest BCUT2D eigenvalue weighted by Crippen LogP contribution is 2.29. The van der Waals surface area contributed by atoms with Crippen LogP contribution in [-0.2, 0) is 14.3 Å². The number of ether oxygens (including phenoxy) is 2. The Morgan fingerprint density at radius 2 is 2.29 bits per heavy atom. The lowest BCUT2D eigenvalue weighted by Crippen LogP contribution is -2.53. The molecule has 0 aromatic heterocycles. The maximum absolute atomic E-state index is 11.5. The lowest BCUT2D eigenvalue weighted by atomic mass is 9.82. The predicted octanol–water partition coefficient (Wildman–Crippen LogP) is 1.88. The van der Waals surface area contributed by atoms with Crippen LogP contribution in [0.25, 0.3) is 0 Å². The number of hydrogen-bond acceptors (Lipinski definition) is 4. The Labute approximate surface area is 104 Å². The van der Waals surface area contributed by atoms with Gasteiger partial charge in [-0.05, 0) is 32.2 Å². The Balaban J connectivity index is 2.66. The third-order valence-corrected chi connectivity index (χ3v) is 3.47. The summed E-state index contributed by atoms with van der Waals surface area (Å²) in [5, 5.41) is 3.53. The summed E-state index contributed by atoms with van der Waals surface area (Å²) in [7, 11) is 1.45. The summed E-state index contributed by atoms with van der Waals surface area (Å²) < 4.78 is 10.5. The van der Waals surface area contributed by atoms with Gasteiger partial charge in [0.25, 0.3) is 0 Å². The molecule has 1 saturated heterocycles. The molecule has 4 heteroatoms. The summed E-state index contributed by atoms with van der Waals surface area (Å²) >= 11 is 0. The number of rotatable bonds is 6. The second-order valence-corrected chi connectivity index (χ2v) is 4.82. The van der Waals surface area contributed by atoms with Crippen LogP contribution < -0.4 is 5.32 Å². The van der Waals surface area contributed by atoms with Crippen LogP contribution in [-0.4, -0.2) is 37.9 Å². The van der Waals surface area contributed by atoms with Crippen LogP contribution in [0.4, 0.5) is 0 Å². The standard InChI is InChI=1S/C13H25NO3/c1-4-7-14-13(10-12(15)16-3)6-8-17-11(5-2)9-13/h11,14H,4-10H2,1-3H3. The molecule has 0 aliphatic carbocycles. The minimum absolute atomic E-state index is 0.123. The molecular formula is C13H25NO3. The quantitative estimate of drug-likeness (QED) is 0.724. The van der Waals surface area contributed by atoms with Gasteiger partial charge in [0, 0.05) is 12.1 Å². The van der Waals surface area contributed by atoms with Crippen molar-refractivity contribution in [3.8, 4) is 0 Å². The van der Waals surface area contributed by atoms with E-state index in [1.807, 2.05) is 0 Å². The molecule has 0 aromatic carbocycles. The average Bonchev–Trinajstić information content (AvgIpc) is 2.36. The molecule has 0 saturated carbocycles. The Kier molecular flexibility index (Phi) is 5.92. The summed E-state index contributed by atoms with van der Waals surface area (Å²) in [4.78, 5) is 11.5. The van der Waals surface area contributed by atoms with E-state index >= 15 is 0 Å². The summed E-state index contributed by atoms with van der Waals surface area (Å²) in [6.45, 7) is 5.92. The van der Waals surface area contributed by atoms with Crippen molar-refractivity contribution in [2.45, 2.75) is 57.6 Å². The van der Waals surface area contributed by atoms with Gasteiger partial charge in [0.15, 0.2) is 0 Å². The molecule has 4 nitrogen and oxygen atoms in total. The smallest absolute Gasteiger partial charge is 0.307 e. The van der Waals surface area contributed by atoms with E-state index in [4.69, 9.17) is 9.47 Å². The van der Waals surface area contributed by atoms with Crippen LogP contribution in [0.5, 0.6) is 0 Å². The molecule has 0 aromatic rings. The fourth-order valence-corrected chi connectivity index (χ4v) is 2.40. The predicted molar refractivity (Wildman–Crippen MR) is 66.9 cm³/mol. The third-order valence-electron chi connectivity index (χ3n) is 3.47. The van der Waals surface area contributed by atoms with Crippen molar-refractivity contribution in [3.05, 3.63) is 0 Å². The molecule has 0 radical (unpaired) electrons. The van der Waals surface area contributed by atoms with Crippen LogP contribution in [0.2, 0.25) is 0 Å². The molecule has 1 heterocycles. The number of carbonyl (C=O) groups is 1. The molecule has 0 spiro atoms. The van der Waals surface area contributed by atoms with E-state index in [1.54, 1.807) is 0 Å². The van der Waals surface area contributed by atoms with E-state index in [0.717, 1.165) is 38.8 Å². The van der Waals surface area contributed by atoms with Gasteiger partial charge in [0.05, 0.1) is 19.6 Å². The van der Waals surface area contributed by atoms with Gasteiger partial charge in [0.2, 0.25) is 0 Å². The average molecular weight is 243 g/mol. The minimum atomic E-state index is -0.134. The van der Waals surface area contributed by atoms with Crippen molar-refractivity contribution in [3.63, 3.8) is 0 Å². The maximum Gasteiger partial charge on any atom is 0.307 e. The molecular weight excluding hydrogens is 218 g/mol. The summed E-state index contributed by atoms with van der Waals surface area (Å²) in [5.74, 6) is -0.134. The molecule has 0 amide bonds. The first-order valence-corrected chi connectivity index (χ1v) is 6.59. The van der Waals surface area contributed by atoms with E-state index in [9.17, 15) is 4.79 Å². The zero-order valence-corrected chi connectivity index (χ0v) is 11.3. The minimum Gasteiger partial charge on any atom is -0.469 e. The number of carbonyl (C=O) groups excluding carboxylic acids is 1. The van der Waals surface area contributed by atoms with Gasteiger partial charge < -0.3 is 14.8 Å². The van der Waals surface area contributed by atoms with Crippen molar-refractivity contribution in [1.29, 1.82) is 0 Å². The number of esters is 1. The first-order chi connectivity index (χ1) is 8.15. The van der Waals surface area contributed by atoms with E-state index in [0.29, 0.717) is 6.42 Å². The van der Waals surface area contributed by atoms with Gasteiger partial charge in [-0.15, -0.1) is 0 Å². The Morgan fingerprint density at radius 3 is 2.88 bits per heavy atom. The van der Waals surface area contributed by atoms with Crippen molar-refractivity contribution in [1.82, 2.24) is 5.32 Å². The van der Waals surface area contributed by atoms with Gasteiger partial charge in [-0.25, -0.2) is 0 Å². The highest BCUT2D eigenvalue weighted by Gasteiger charge is 2.38. The SMILES string of the molecule is CCCNC1(CC(=O)OC)CCOC(CC)C1. The summed E-state index contributed by atoms with van der Waals surface area (Å²) in [6.07, 6.45) is 4.57. The number of methoxy groups -OCH3 is 1. The van der Waals surface area contributed by atoms with Crippen molar-refractivity contribution in [2.24, 2.45) is 0 Å². The molecule has 100 valence electrons. The summed E-state index contributed by atoms with van der Waals surface area (Å²) in [5.41, 5.74) is -0.123. The van der Waals surface area contributed by atoms with E-state index in [2.05, 4.69) is 19.2 Å². The molecule has 1 rings (SSSR count). The van der Waals surface area contributed by atoms with Crippen LogP contribution in [0.1, 0.15) is 46.0 Å². The lowest BCUT2D eigenvalue weighted by molar-refractivity contribution is -0.144. The highest BCUT2D eigenvalue weighted by atomic mass is 16.5. The number of hydrogen-bond donors (Lipinski definition) is 1. The van der Waals surface area contributed by atoms with Gasteiger partial charge >= 0.3 is 5.97 Å². The zero-order chi connectivity index (χ0) is 12.7. The van der Waals surface area contributed by atoms with Gasteiger partial charge in [0.1, 0.15) is 0 Å². The van der Waals surface area contributed by atoms with Gasteiger partial charge in [-0.2, -0.15) is 0 Å². The van der Waals surface area contributed by atoms with E-state index in [-0.39, 0.29) is 17.6 Å². The zero-order valence-electron chi connectivity index (χ0n) is 11.3. The topological polar surface area (TPSA) is 47.6 Å². The second-order valence-electron chi connectivity index (χ2n) is 4.82. The van der Waals surface area contributed by atoms with E-state index < -0.39 is 0 Å². The third kappa shape index (κ3) is 4.28. The molecule has 1 N–H and O–H groups in total. The molecule has 1 aliphatic rings. The summed E-state index contributed by atoms with van der Waals surface area (Å²) in [6, 6.07) is 0. The van der Waals surface area contributed by atoms with Crippen LogP contribution in [0.3, 0.4) is 0 Å². The van der Waals surface area contributed by atoms with Crippen LogP contribution in [0.15, 0.2) is 0 Å². The van der Waals surface area contributed by atoms with Gasteiger partial charge in [-0.1, -0.05) is 13.8 Å². The Bertz CT molecular complexity index is 245. The van der Waals surface area contributed by atoms with Gasteiger partial charge in [-0.3, -0.25) is 4.79 Å². The molecule has 1 aliphatic heterocycles. The lowest BCUT2D eigenvalue weighted by Gasteiger charge is -2.41. The molecule has 1 fully saturated rings. The largest absolute Gasteiger partial charge is 0.469 e. The molecule has 0 bridgehead atoms. The van der Waals surface area contributed by atoms with Crippen molar-refractivity contribution in [2.75, 3.05) is 20.3 Å². The number of nitrogens with one attached hydrogen (secondary N) is 1. The Hall–Kier alpha value is -0.610. The molecule has 2 unspecified atom stereocenters.